The number of ether oxygens (including phenoxy) is 1. The van der Waals surface area contributed by atoms with Gasteiger partial charge in [-0.1, -0.05) is 6.07 Å². The van der Waals surface area contributed by atoms with Gasteiger partial charge in [-0.2, -0.15) is 4.79 Å². The fourth-order valence-corrected chi connectivity index (χ4v) is 4.73. The molecule has 2 amide bonds. The second-order valence-corrected chi connectivity index (χ2v) is 9.84. The van der Waals surface area contributed by atoms with E-state index >= 15 is 0 Å². The molecule has 1 aromatic heterocycles. The molecule has 4 rings (SSSR count). The molecule has 3 atom stereocenters. The minimum absolute atomic E-state index is 0.215. The number of carbonyl (C=O) groups is 2. The van der Waals surface area contributed by atoms with Crippen LogP contribution in [0.2, 0.25) is 0 Å². The van der Waals surface area contributed by atoms with E-state index in [4.69, 9.17) is 4.74 Å². The number of piperidine rings is 1. The number of imidazole rings is 1. The second kappa shape index (κ2) is 8.78. The lowest BCUT2D eigenvalue weighted by atomic mass is 9.91. The van der Waals surface area contributed by atoms with Gasteiger partial charge in [-0.3, -0.25) is 13.9 Å². The van der Waals surface area contributed by atoms with Crippen molar-refractivity contribution in [2.45, 2.75) is 83.7 Å². The van der Waals surface area contributed by atoms with Gasteiger partial charge in [0.1, 0.15) is 17.9 Å². The summed E-state index contributed by atoms with van der Waals surface area (Å²) < 4.78 is 10.3. The van der Waals surface area contributed by atoms with Crippen LogP contribution in [0.15, 0.2) is 23.0 Å². The summed E-state index contributed by atoms with van der Waals surface area (Å²) in [6.45, 7) is 8.54. The molecular weight excluding hydrogens is 424 g/mol. The number of aromatic nitrogens is 2. The Morgan fingerprint density at radius 2 is 1.97 bits per heavy atom. The molecule has 33 heavy (non-hydrogen) atoms. The van der Waals surface area contributed by atoms with Gasteiger partial charge < -0.3 is 15.2 Å². The van der Waals surface area contributed by atoms with E-state index in [1.165, 1.54) is 0 Å². The number of amides is 2. The van der Waals surface area contributed by atoms with Crippen LogP contribution in [0, 0.1) is 0 Å². The van der Waals surface area contributed by atoms with Crippen LogP contribution < -0.4 is 11.0 Å². The van der Waals surface area contributed by atoms with Crippen LogP contribution >= 0.6 is 0 Å². The molecule has 3 heterocycles. The van der Waals surface area contributed by atoms with Gasteiger partial charge in [-0.25, -0.2) is 4.79 Å². The average molecular weight is 458 g/mol. The smallest absolute Gasteiger partial charge is 0.406 e. The van der Waals surface area contributed by atoms with Crippen molar-refractivity contribution in [3.05, 3.63) is 34.2 Å². The first-order chi connectivity index (χ1) is 15.6. The Bertz CT molecular complexity index is 1170. The molecule has 1 aromatic carbocycles. The van der Waals surface area contributed by atoms with Gasteiger partial charge in [0.05, 0.1) is 11.0 Å². The molecule has 9 nitrogen and oxygen atoms in total. The Morgan fingerprint density at radius 3 is 2.58 bits per heavy atom. The van der Waals surface area contributed by atoms with Gasteiger partial charge in [0, 0.05) is 19.4 Å². The summed E-state index contributed by atoms with van der Waals surface area (Å²) in [7, 11) is 0. The quantitative estimate of drug-likeness (QED) is 0.689. The highest BCUT2D eigenvalue weighted by Crippen LogP contribution is 2.30. The third kappa shape index (κ3) is 4.59. The zero-order valence-electron chi connectivity index (χ0n) is 19.7. The van der Waals surface area contributed by atoms with Gasteiger partial charge in [0.2, 0.25) is 5.91 Å². The van der Waals surface area contributed by atoms with E-state index < -0.39 is 17.9 Å². The first kappa shape index (κ1) is 23.2. The Kier molecular flexibility index (Phi) is 6.18. The Morgan fingerprint density at radius 1 is 1.21 bits per heavy atom. The molecule has 0 aliphatic carbocycles. The lowest BCUT2D eigenvalue weighted by molar-refractivity contribution is -0.452. The number of hydrogen-bond donors (Lipinski definition) is 2. The SMILES string of the molecule is CCn1c(=O)n(C2CCC(O)NC2=O)c2ccc(C3CC=[N+](C(=O)OC(C)(C)C)CC3)cc21. The van der Waals surface area contributed by atoms with Crippen LogP contribution in [0.1, 0.15) is 70.9 Å². The first-order valence-electron chi connectivity index (χ1n) is 11.6. The first-order valence-corrected chi connectivity index (χ1v) is 11.6. The van der Waals surface area contributed by atoms with Crippen molar-refractivity contribution in [3.8, 4) is 0 Å². The molecule has 0 saturated carbocycles. The van der Waals surface area contributed by atoms with E-state index in [0.717, 1.165) is 23.0 Å². The van der Waals surface area contributed by atoms with Crippen molar-refractivity contribution in [1.29, 1.82) is 0 Å². The minimum atomic E-state index is -0.863. The molecule has 9 heteroatoms. The molecule has 0 radical (unpaired) electrons. The maximum atomic E-state index is 13.2. The molecule has 1 fully saturated rings. The summed E-state index contributed by atoms with van der Waals surface area (Å²) in [4.78, 5) is 38.0. The number of nitrogens with one attached hydrogen (secondary N) is 1. The monoisotopic (exact) mass is 457 g/mol. The third-order valence-electron chi connectivity index (χ3n) is 6.37. The highest BCUT2D eigenvalue weighted by Gasteiger charge is 2.33. The number of hydrogen-bond acceptors (Lipinski definition) is 5. The van der Waals surface area contributed by atoms with E-state index in [2.05, 4.69) is 5.32 Å². The highest BCUT2D eigenvalue weighted by atomic mass is 16.6. The van der Waals surface area contributed by atoms with Crippen molar-refractivity contribution in [1.82, 2.24) is 14.5 Å². The topological polar surface area (TPSA) is 106 Å². The molecule has 0 bridgehead atoms. The highest BCUT2D eigenvalue weighted by molar-refractivity contribution is 5.85. The summed E-state index contributed by atoms with van der Waals surface area (Å²) in [5, 5.41) is 12.2. The molecule has 178 valence electrons. The lowest BCUT2D eigenvalue weighted by Crippen LogP contribution is -2.46. The summed E-state index contributed by atoms with van der Waals surface area (Å²) in [6, 6.07) is 5.33. The Labute approximate surface area is 192 Å². The Balaban J connectivity index is 1.62. The molecule has 2 aromatic rings. The molecule has 3 unspecified atom stereocenters. The lowest BCUT2D eigenvalue weighted by Gasteiger charge is -2.26. The number of rotatable bonds is 3. The number of aliphatic hydroxyl groups is 1. The second-order valence-electron chi connectivity index (χ2n) is 9.84. The summed E-state index contributed by atoms with van der Waals surface area (Å²) in [6.07, 6.45) is 3.01. The molecule has 0 spiro atoms. The molecule has 1 saturated heterocycles. The van der Waals surface area contributed by atoms with Crippen LogP contribution in [0.3, 0.4) is 0 Å². The minimum Gasteiger partial charge on any atom is -0.406 e. The van der Waals surface area contributed by atoms with E-state index in [1.807, 2.05) is 52.1 Å². The number of benzene rings is 1. The number of fused-ring (bicyclic) bond motifs is 1. The molecule has 2 N–H and O–H groups in total. The predicted octanol–water partition coefficient (Wildman–Crippen LogP) is 2.49. The van der Waals surface area contributed by atoms with Gasteiger partial charge in [-0.15, -0.1) is 4.58 Å². The van der Waals surface area contributed by atoms with E-state index in [1.54, 1.807) is 13.7 Å². The van der Waals surface area contributed by atoms with Gasteiger partial charge in [-0.05, 0) is 64.2 Å². The summed E-state index contributed by atoms with van der Waals surface area (Å²) in [5.74, 6) is -0.107. The van der Waals surface area contributed by atoms with Crippen LogP contribution in [0.25, 0.3) is 11.0 Å². The van der Waals surface area contributed by atoms with E-state index in [9.17, 15) is 19.5 Å². The number of aliphatic hydroxyl groups excluding tert-OH is 1. The molecule has 2 aliphatic heterocycles. The maximum absolute atomic E-state index is 13.2. The van der Waals surface area contributed by atoms with Crippen LogP contribution in [-0.4, -0.2) is 55.4 Å². The Hall–Kier alpha value is -2.94. The van der Waals surface area contributed by atoms with Crippen LogP contribution in [0.5, 0.6) is 0 Å². The van der Waals surface area contributed by atoms with Gasteiger partial charge >= 0.3 is 11.8 Å². The largest absolute Gasteiger partial charge is 0.596 e. The number of aryl methyl sites for hydroxylation is 1. The van der Waals surface area contributed by atoms with Gasteiger partial charge in [0.15, 0.2) is 12.8 Å². The maximum Gasteiger partial charge on any atom is 0.596 e. The average Bonchev–Trinajstić information content (AvgIpc) is 3.03. The van der Waals surface area contributed by atoms with Crippen molar-refractivity contribution in [2.75, 3.05) is 6.54 Å². The van der Waals surface area contributed by atoms with Crippen molar-refractivity contribution in [2.24, 2.45) is 0 Å². The summed E-state index contributed by atoms with van der Waals surface area (Å²) in [5.41, 5.74) is 1.88. The predicted molar refractivity (Wildman–Crippen MR) is 124 cm³/mol. The molecular formula is C24H33N4O5+. The van der Waals surface area contributed by atoms with E-state index in [-0.39, 0.29) is 23.6 Å². The number of carbonyl (C=O) groups excluding carboxylic acids is 2. The van der Waals surface area contributed by atoms with Crippen LogP contribution in [-0.2, 0) is 16.1 Å². The fraction of sp³-hybridized carbons (Fsp3) is 0.583. The standard InChI is InChI=1S/C24H32N4O5/c1-5-27-19-14-16(15-10-12-26(13-11-15)23(32)33-24(2,3)4)6-7-17(19)28(22(27)31)18-8-9-20(29)25-21(18)30/h6-7,12,14-15,18,20,29H,5,8-11,13H2,1-4H3/p+1. The normalized spacial score (nSPS) is 23.8. The molecule has 2 aliphatic rings. The van der Waals surface area contributed by atoms with Crippen molar-refractivity contribution < 1.29 is 24.0 Å². The van der Waals surface area contributed by atoms with Crippen LogP contribution in [0.4, 0.5) is 4.79 Å². The zero-order valence-corrected chi connectivity index (χ0v) is 19.7. The van der Waals surface area contributed by atoms with E-state index in [0.29, 0.717) is 32.4 Å². The fourth-order valence-electron chi connectivity index (χ4n) is 4.73. The summed E-state index contributed by atoms with van der Waals surface area (Å²) >= 11 is 0. The zero-order chi connectivity index (χ0) is 23.9. The van der Waals surface area contributed by atoms with Gasteiger partial charge in [0.25, 0.3) is 0 Å². The number of nitrogens with zero attached hydrogens (tertiary/aromatic N) is 3. The third-order valence-corrected chi connectivity index (χ3v) is 6.37. The van der Waals surface area contributed by atoms with Crippen molar-refractivity contribution >= 4 is 29.2 Å². The van der Waals surface area contributed by atoms with Crippen molar-refractivity contribution in [3.63, 3.8) is 0 Å².